The Morgan fingerprint density at radius 2 is 1.94 bits per heavy atom. The molecule has 9 nitrogen and oxygen atoms in total. The third kappa shape index (κ3) is 5.84. The second-order valence-electron chi connectivity index (χ2n) is 9.33. The molecule has 1 amide bonds. The number of carbonyl (C=O) groups excluding carboxylic acids is 2. The fourth-order valence-corrected chi connectivity index (χ4v) is 4.89. The van der Waals surface area contributed by atoms with E-state index in [2.05, 4.69) is 10.6 Å². The molecule has 2 aromatic heterocycles. The number of rotatable bonds is 9. The fraction of sp³-hybridized carbons (Fsp3) is 0.407. The van der Waals surface area contributed by atoms with Crippen LogP contribution in [0.15, 0.2) is 42.6 Å². The molecule has 1 aromatic carbocycles. The number of hydrogen-bond donors (Lipinski definition) is 3. The molecule has 0 bridgehead atoms. The van der Waals surface area contributed by atoms with E-state index in [1.807, 2.05) is 31.2 Å². The Hall–Kier alpha value is -3.88. The number of nitrogens with zero attached hydrogens (tertiary/aromatic N) is 2. The van der Waals surface area contributed by atoms with E-state index in [9.17, 15) is 19.5 Å². The lowest BCUT2D eigenvalue weighted by atomic mass is 9.82. The lowest BCUT2D eigenvalue weighted by Crippen LogP contribution is -2.42. The monoisotopic (exact) mass is 492 g/mol. The number of aromatic nitrogens is 2. The number of carboxylic acid groups (broad SMARTS) is 1. The number of esters is 1. The van der Waals surface area contributed by atoms with Crippen LogP contribution in [0.3, 0.4) is 0 Å². The maximum atomic E-state index is 13.2. The van der Waals surface area contributed by atoms with E-state index in [4.69, 9.17) is 9.72 Å². The van der Waals surface area contributed by atoms with Gasteiger partial charge in [0.25, 0.3) is 5.91 Å². The van der Waals surface area contributed by atoms with Crippen molar-refractivity contribution in [2.75, 3.05) is 19.0 Å². The first-order chi connectivity index (χ1) is 17.4. The van der Waals surface area contributed by atoms with Crippen molar-refractivity contribution in [3.63, 3.8) is 0 Å². The molecule has 0 aliphatic heterocycles. The van der Waals surface area contributed by atoms with E-state index in [1.54, 1.807) is 22.7 Å². The highest BCUT2D eigenvalue weighted by Gasteiger charge is 2.28. The number of methoxy groups -OCH3 is 1. The summed E-state index contributed by atoms with van der Waals surface area (Å²) >= 11 is 0. The van der Waals surface area contributed by atoms with Crippen molar-refractivity contribution in [2.45, 2.75) is 51.5 Å². The third-order valence-electron chi connectivity index (χ3n) is 6.74. The highest BCUT2D eigenvalue weighted by atomic mass is 16.5. The van der Waals surface area contributed by atoms with Gasteiger partial charge in [0, 0.05) is 23.4 Å². The molecule has 1 unspecified atom stereocenters. The number of fused-ring (bicyclic) bond motifs is 1. The maximum Gasteiger partial charge on any atom is 0.325 e. The molecular formula is C27H32N4O5. The molecule has 9 heteroatoms. The van der Waals surface area contributed by atoms with Crippen LogP contribution in [0.2, 0.25) is 0 Å². The van der Waals surface area contributed by atoms with Gasteiger partial charge in [-0.2, -0.15) is 0 Å². The average Bonchev–Trinajstić information content (AvgIpc) is 3.25. The normalized spacial score (nSPS) is 14.8. The van der Waals surface area contributed by atoms with Crippen LogP contribution in [0.4, 0.5) is 5.82 Å². The Kier molecular flexibility index (Phi) is 7.87. The van der Waals surface area contributed by atoms with Gasteiger partial charge >= 0.3 is 11.9 Å². The van der Waals surface area contributed by atoms with E-state index in [0.29, 0.717) is 22.7 Å². The van der Waals surface area contributed by atoms with Crippen molar-refractivity contribution in [3.8, 4) is 11.3 Å². The summed E-state index contributed by atoms with van der Waals surface area (Å²) in [5.41, 5.74) is 3.51. The van der Waals surface area contributed by atoms with Crippen LogP contribution in [0.25, 0.3) is 16.9 Å². The Morgan fingerprint density at radius 1 is 1.17 bits per heavy atom. The Morgan fingerprint density at radius 3 is 2.64 bits per heavy atom. The fourth-order valence-electron chi connectivity index (χ4n) is 4.89. The predicted molar refractivity (Wildman–Crippen MR) is 136 cm³/mol. The van der Waals surface area contributed by atoms with E-state index in [0.717, 1.165) is 43.2 Å². The summed E-state index contributed by atoms with van der Waals surface area (Å²) in [4.78, 5) is 41.2. The van der Waals surface area contributed by atoms with Crippen molar-refractivity contribution in [1.29, 1.82) is 0 Å². The molecule has 3 aromatic rings. The van der Waals surface area contributed by atoms with Gasteiger partial charge in [0.05, 0.1) is 13.5 Å². The van der Waals surface area contributed by atoms with Gasteiger partial charge in [0.1, 0.15) is 23.7 Å². The van der Waals surface area contributed by atoms with Gasteiger partial charge in [-0.25, -0.2) is 4.98 Å². The number of nitrogens with one attached hydrogen (secondary N) is 2. The van der Waals surface area contributed by atoms with Gasteiger partial charge in [-0.3, -0.25) is 18.8 Å². The maximum absolute atomic E-state index is 13.2. The molecule has 4 rings (SSSR count). The van der Waals surface area contributed by atoms with Gasteiger partial charge in [0.2, 0.25) is 0 Å². The van der Waals surface area contributed by atoms with Crippen molar-refractivity contribution in [3.05, 3.63) is 53.7 Å². The van der Waals surface area contributed by atoms with Crippen molar-refractivity contribution in [1.82, 2.24) is 14.7 Å². The molecule has 0 radical (unpaired) electrons. The van der Waals surface area contributed by atoms with Gasteiger partial charge in [-0.1, -0.05) is 43.0 Å². The van der Waals surface area contributed by atoms with Gasteiger partial charge in [0.15, 0.2) is 0 Å². The van der Waals surface area contributed by atoms with Crippen molar-refractivity contribution in [2.24, 2.45) is 5.92 Å². The number of aryl methyl sites for hydroxylation is 1. The summed E-state index contributed by atoms with van der Waals surface area (Å²) in [7, 11) is 1.33. The Labute approximate surface area is 209 Å². The summed E-state index contributed by atoms with van der Waals surface area (Å²) in [6.07, 6.45) is 6.74. The number of hydrogen-bond acceptors (Lipinski definition) is 6. The highest BCUT2D eigenvalue weighted by molar-refractivity contribution is 5.96. The minimum Gasteiger partial charge on any atom is -0.481 e. The summed E-state index contributed by atoms with van der Waals surface area (Å²) in [5.74, 6) is -0.879. The van der Waals surface area contributed by atoms with Gasteiger partial charge in [-0.05, 0) is 43.9 Å². The first kappa shape index (κ1) is 25.2. The topological polar surface area (TPSA) is 122 Å². The number of ether oxygens (including phenoxy) is 1. The average molecular weight is 493 g/mol. The lowest BCUT2D eigenvalue weighted by Gasteiger charge is -2.30. The molecule has 0 saturated heterocycles. The standard InChI is InChI=1S/C27H32N4O5/c1-17-7-6-10-19(13-17)25-26(28-16-24(34)36-2)31-12-11-20(14-22(31)30-25)27(35)29-21(15-23(32)33)18-8-4-3-5-9-18/h6-7,10-14,18,21,28H,3-5,8-9,15-16H2,1-2H3,(H,29,35)(H,32,33). The van der Waals surface area contributed by atoms with E-state index < -0.39 is 18.0 Å². The highest BCUT2D eigenvalue weighted by Crippen LogP contribution is 2.30. The zero-order valence-electron chi connectivity index (χ0n) is 20.6. The Bertz CT molecular complexity index is 1260. The summed E-state index contributed by atoms with van der Waals surface area (Å²) in [6.45, 7) is 1.95. The number of amides is 1. The first-order valence-corrected chi connectivity index (χ1v) is 12.3. The molecule has 1 aliphatic carbocycles. The molecule has 0 spiro atoms. The summed E-state index contributed by atoms with van der Waals surface area (Å²) < 4.78 is 6.55. The van der Waals surface area contributed by atoms with E-state index in [-0.39, 0.29) is 24.8 Å². The van der Waals surface area contributed by atoms with Gasteiger partial charge < -0.3 is 20.5 Å². The molecule has 190 valence electrons. The Balaban J connectivity index is 1.65. The number of benzene rings is 1. The van der Waals surface area contributed by atoms with Crippen LogP contribution in [-0.2, 0) is 14.3 Å². The molecule has 1 aliphatic rings. The minimum atomic E-state index is -0.918. The number of imidazole rings is 1. The zero-order chi connectivity index (χ0) is 25.7. The van der Waals surface area contributed by atoms with Crippen LogP contribution >= 0.6 is 0 Å². The van der Waals surface area contributed by atoms with E-state index in [1.165, 1.54) is 7.11 Å². The number of carbonyl (C=O) groups is 3. The molecule has 3 N–H and O–H groups in total. The SMILES string of the molecule is COC(=O)CNc1c(-c2cccc(C)c2)nc2cc(C(=O)NC(CC(=O)O)C3CCCCC3)ccn12. The molecule has 1 saturated carbocycles. The smallest absolute Gasteiger partial charge is 0.325 e. The number of carboxylic acids is 1. The third-order valence-corrected chi connectivity index (χ3v) is 6.74. The second-order valence-corrected chi connectivity index (χ2v) is 9.33. The van der Waals surface area contributed by atoms with Gasteiger partial charge in [-0.15, -0.1) is 0 Å². The zero-order valence-corrected chi connectivity index (χ0v) is 20.6. The lowest BCUT2D eigenvalue weighted by molar-refractivity contribution is -0.139. The molecular weight excluding hydrogens is 460 g/mol. The van der Waals surface area contributed by atoms with Crippen LogP contribution in [0, 0.1) is 12.8 Å². The molecule has 2 heterocycles. The molecule has 36 heavy (non-hydrogen) atoms. The number of anilines is 1. The van der Waals surface area contributed by atoms with Crippen LogP contribution in [-0.4, -0.2) is 52.0 Å². The van der Waals surface area contributed by atoms with Crippen LogP contribution < -0.4 is 10.6 Å². The second kappa shape index (κ2) is 11.2. The van der Waals surface area contributed by atoms with Crippen molar-refractivity contribution < 1.29 is 24.2 Å². The quantitative estimate of drug-likeness (QED) is 0.385. The molecule has 1 fully saturated rings. The molecule has 1 atom stereocenters. The van der Waals surface area contributed by atoms with Crippen LogP contribution in [0.5, 0.6) is 0 Å². The summed E-state index contributed by atoms with van der Waals surface area (Å²) in [6, 6.07) is 10.8. The van der Waals surface area contributed by atoms with Crippen LogP contribution in [0.1, 0.15) is 54.4 Å². The predicted octanol–water partition coefficient (Wildman–Crippen LogP) is 4.05. The summed E-state index contributed by atoms with van der Waals surface area (Å²) in [5, 5.41) is 15.5. The van der Waals surface area contributed by atoms with E-state index >= 15 is 0 Å². The number of pyridine rings is 1. The van der Waals surface area contributed by atoms with Crippen molar-refractivity contribution >= 4 is 29.3 Å². The largest absolute Gasteiger partial charge is 0.481 e. The number of aliphatic carboxylic acids is 1. The minimum absolute atomic E-state index is 0.0381. The first-order valence-electron chi connectivity index (χ1n) is 12.3.